The first-order chi connectivity index (χ1) is 10.5. The number of thiophene rings is 1. The van der Waals surface area contributed by atoms with Gasteiger partial charge >= 0.3 is 0 Å². The van der Waals surface area contributed by atoms with Crippen molar-refractivity contribution in [3.8, 4) is 11.3 Å². The third-order valence-corrected chi connectivity index (χ3v) is 5.30. The molecule has 0 aliphatic carbocycles. The van der Waals surface area contributed by atoms with Gasteiger partial charge in [0, 0.05) is 27.8 Å². The smallest absolute Gasteiger partial charge is 0.259 e. The Hall–Kier alpha value is -0.990. The molecular weight excluding hydrogens is 429 g/mol. The number of nitrogens with one attached hydrogen (secondary N) is 1. The van der Waals surface area contributed by atoms with E-state index >= 15 is 0 Å². The van der Waals surface area contributed by atoms with Gasteiger partial charge in [-0.3, -0.25) is 15.1 Å². The summed E-state index contributed by atoms with van der Waals surface area (Å²) in [5, 5.41) is 5.04. The van der Waals surface area contributed by atoms with Gasteiger partial charge in [-0.15, -0.1) is 22.7 Å². The summed E-state index contributed by atoms with van der Waals surface area (Å²) < 4.78 is 1.91. The first kappa shape index (κ1) is 15.9. The van der Waals surface area contributed by atoms with Crippen LogP contribution >= 0.6 is 61.8 Å². The van der Waals surface area contributed by atoms with Crippen molar-refractivity contribution < 1.29 is 4.79 Å². The normalized spacial score (nSPS) is 10.7. The van der Waals surface area contributed by atoms with E-state index in [-0.39, 0.29) is 5.91 Å². The highest BCUT2D eigenvalue weighted by Gasteiger charge is 2.14. The van der Waals surface area contributed by atoms with Crippen molar-refractivity contribution in [2.45, 2.75) is 0 Å². The lowest BCUT2D eigenvalue weighted by Gasteiger charge is -2.01. The minimum absolute atomic E-state index is 0.274. The Labute approximate surface area is 152 Å². The number of rotatable bonds is 3. The maximum absolute atomic E-state index is 12.1. The molecule has 22 heavy (non-hydrogen) atoms. The van der Waals surface area contributed by atoms with Crippen molar-refractivity contribution in [3.63, 3.8) is 0 Å². The molecule has 3 aromatic rings. The van der Waals surface area contributed by atoms with E-state index < -0.39 is 0 Å². The molecule has 0 unspecified atom stereocenters. The third-order valence-electron chi connectivity index (χ3n) is 2.62. The van der Waals surface area contributed by atoms with Crippen LogP contribution in [0, 0.1) is 0 Å². The molecule has 0 aliphatic rings. The Bertz CT molecular complexity index is 849. The van der Waals surface area contributed by atoms with Crippen LogP contribution in [0.4, 0.5) is 5.13 Å². The number of thiazole rings is 1. The van der Waals surface area contributed by atoms with Gasteiger partial charge in [-0.05, 0) is 28.1 Å². The maximum Gasteiger partial charge on any atom is 0.259 e. The van der Waals surface area contributed by atoms with Gasteiger partial charge in [0.05, 0.1) is 15.6 Å². The number of carbonyl (C=O) groups is 1. The van der Waals surface area contributed by atoms with E-state index in [1.54, 1.807) is 18.3 Å². The van der Waals surface area contributed by atoms with Crippen molar-refractivity contribution >= 4 is 72.8 Å². The fraction of sp³-hybridized carbons (Fsp3) is 0. The molecule has 3 aromatic heterocycles. The Kier molecular flexibility index (Phi) is 4.79. The third kappa shape index (κ3) is 3.49. The number of pyridine rings is 1. The highest BCUT2D eigenvalue weighted by molar-refractivity contribution is 9.10. The second-order valence-electron chi connectivity index (χ2n) is 4.12. The van der Waals surface area contributed by atoms with E-state index in [1.165, 1.54) is 28.9 Å². The largest absolute Gasteiger partial charge is 0.298 e. The van der Waals surface area contributed by atoms with Crippen LogP contribution < -0.4 is 5.32 Å². The van der Waals surface area contributed by atoms with E-state index in [0.717, 1.165) is 10.0 Å². The van der Waals surface area contributed by atoms with Crippen LogP contribution in [0.25, 0.3) is 11.3 Å². The van der Waals surface area contributed by atoms with Crippen LogP contribution in [0.1, 0.15) is 10.4 Å². The van der Waals surface area contributed by atoms with Gasteiger partial charge < -0.3 is 0 Å². The van der Waals surface area contributed by atoms with E-state index in [1.807, 2.05) is 5.38 Å². The second-order valence-corrected chi connectivity index (χ2v) is 8.18. The summed E-state index contributed by atoms with van der Waals surface area (Å²) in [6.07, 6.45) is 3.10. The molecule has 4 nitrogen and oxygen atoms in total. The molecular formula is C13H6BrCl2N3OS2. The molecule has 0 bridgehead atoms. The van der Waals surface area contributed by atoms with Crippen molar-refractivity contribution in [1.29, 1.82) is 0 Å². The molecule has 0 radical (unpaired) electrons. The van der Waals surface area contributed by atoms with Gasteiger partial charge in [-0.2, -0.15) is 0 Å². The number of carbonyl (C=O) groups excluding carboxylic acids is 1. The zero-order valence-electron chi connectivity index (χ0n) is 10.6. The summed E-state index contributed by atoms with van der Waals surface area (Å²) in [6, 6.07) is 3.44. The summed E-state index contributed by atoms with van der Waals surface area (Å²) in [6.45, 7) is 0. The second kappa shape index (κ2) is 6.64. The lowest BCUT2D eigenvalue weighted by molar-refractivity contribution is 0.102. The minimum Gasteiger partial charge on any atom is -0.298 e. The molecule has 3 rings (SSSR count). The number of nitrogens with zero attached hydrogens (tertiary/aromatic N) is 2. The van der Waals surface area contributed by atoms with E-state index in [4.69, 9.17) is 23.2 Å². The summed E-state index contributed by atoms with van der Waals surface area (Å²) in [7, 11) is 0. The molecule has 0 aliphatic heterocycles. The average molecular weight is 435 g/mol. The quantitative estimate of drug-likeness (QED) is 0.584. The van der Waals surface area contributed by atoms with Crippen molar-refractivity contribution in [2.24, 2.45) is 0 Å². The zero-order chi connectivity index (χ0) is 15.7. The number of anilines is 1. The van der Waals surface area contributed by atoms with Crippen LogP contribution in [-0.2, 0) is 0 Å². The van der Waals surface area contributed by atoms with Crippen molar-refractivity contribution in [1.82, 2.24) is 9.97 Å². The van der Waals surface area contributed by atoms with Crippen LogP contribution in [-0.4, -0.2) is 15.9 Å². The Balaban J connectivity index is 1.80. The van der Waals surface area contributed by atoms with Crippen LogP contribution in [0.2, 0.25) is 8.67 Å². The zero-order valence-corrected chi connectivity index (χ0v) is 15.4. The number of hydrogen-bond acceptors (Lipinski definition) is 5. The number of halogens is 3. The lowest BCUT2D eigenvalue weighted by atomic mass is 10.3. The monoisotopic (exact) mass is 433 g/mol. The fourth-order valence-corrected chi connectivity index (χ4v) is 4.23. The predicted octanol–water partition coefficient (Wildman–Crippen LogP) is 5.59. The molecule has 1 amide bonds. The maximum atomic E-state index is 12.1. The summed E-state index contributed by atoms with van der Waals surface area (Å²) >= 11 is 17.9. The van der Waals surface area contributed by atoms with E-state index in [9.17, 15) is 4.79 Å². The molecule has 0 saturated carbocycles. The van der Waals surface area contributed by atoms with Crippen LogP contribution in [0.15, 0.2) is 34.4 Å². The first-order valence-electron chi connectivity index (χ1n) is 5.85. The molecule has 0 saturated heterocycles. The van der Waals surface area contributed by atoms with Gasteiger partial charge in [0.15, 0.2) is 5.13 Å². The van der Waals surface area contributed by atoms with Crippen LogP contribution in [0.3, 0.4) is 0 Å². The molecule has 0 spiro atoms. The minimum atomic E-state index is -0.274. The number of hydrogen-bond donors (Lipinski definition) is 1. The molecule has 9 heteroatoms. The highest BCUT2D eigenvalue weighted by atomic mass is 79.9. The van der Waals surface area contributed by atoms with E-state index in [0.29, 0.717) is 25.1 Å². The van der Waals surface area contributed by atoms with Crippen molar-refractivity contribution in [2.75, 3.05) is 5.32 Å². The molecule has 0 aromatic carbocycles. The lowest BCUT2D eigenvalue weighted by Crippen LogP contribution is -2.11. The summed E-state index contributed by atoms with van der Waals surface area (Å²) in [5.41, 5.74) is 1.89. The average Bonchev–Trinajstić information content (AvgIpc) is 3.05. The number of amides is 1. The first-order valence-corrected chi connectivity index (χ1v) is 9.10. The SMILES string of the molecule is O=C(Nc1nc(-c2cc(Cl)sc2Cl)cs1)c1cncc(Br)c1. The molecule has 112 valence electrons. The predicted molar refractivity (Wildman–Crippen MR) is 95.3 cm³/mol. The number of aromatic nitrogens is 2. The molecule has 1 N–H and O–H groups in total. The summed E-state index contributed by atoms with van der Waals surface area (Å²) in [5.74, 6) is -0.274. The summed E-state index contributed by atoms with van der Waals surface area (Å²) in [4.78, 5) is 20.5. The molecule has 0 atom stereocenters. The topological polar surface area (TPSA) is 54.9 Å². The highest BCUT2D eigenvalue weighted by Crippen LogP contribution is 2.39. The van der Waals surface area contributed by atoms with Gasteiger partial charge in [0.1, 0.15) is 4.34 Å². The van der Waals surface area contributed by atoms with Gasteiger partial charge in [0.25, 0.3) is 5.91 Å². The van der Waals surface area contributed by atoms with Gasteiger partial charge in [-0.1, -0.05) is 23.2 Å². The Morgan fingerprint density at radius 1 is 1.27 bits per heavy atom. The standard InChI is InChI=1S/C13H6BrCl2N3OS2/c14-7-1-6(3-17-4-7)12(20)19-13-18-9(5-21-13)8-2-10(15)22-11(8)16/h1-5H,(H,18,19,20). The Morgan fingerprint density at radius 2 is 2.09 bits per heavy atom. The van der Waals surface area contributed by atoms with Gasteiger partial charge in [0.2, 0.25) is 0 Å². The van der Waals surface area contributed by atoms with Crippen molar-refractivity contribution in [3.05, 3.63) is 48.6 Å². The fourth-order valence-electron chi connectivity index (χ4n) is 1.68. The molecule has 0 fully saturated rings. The molecule has 3 heterocycles. The van der Waals surface area contributed by atoms with Crippen LogP contribution in [0.5, 0.6) is 0 Å². The van der Waals surface area contributed by atoms with Gasteiger partial charge in [-0.25, -0.2) is 4.98 Å². The Morgan fingerprint density at radius 3 is 2.77 bits per heavy atom. The van der Waals surface area contributed by atoms with E-state index in [2.05, 4.69) is 31.2 Å².